The van der Waals surface area contributed by atoms with E-state index in [0.717, 1.165) is 17.0 Å². The predicted molar refractivity (Wildman–Crippen MR) is 56.6 cm³/mol. The van der Waals surface area contributed by atoms with Gasteiger partial charge in [0.1, 0.15) is 0 Å². The summed E-state index contributed by atoms with van der Waals surface area (Å²) in [7, 11) is 1.37. The molecule has 0 spiro atoms. The van der Waals surface area contributed by atoms with Gasteiger partial charge in [-0.15, -0.1) is 0 Å². The van der Waals surface area contributed by atoms with Crippen LogP contribution in [0.15, 0.2) is 24.3 Å². The Hall–Kier alpha value is -1.85. The van der Waals surface area contributed by atoms with Crippen molar-refractivity contribution in [3.63, 3.8) is 0 Å². The van der Waals surface area contributed by atoms with E-state index < -0.39 is 17.7 Å². The van der Waals surface area contributed by atoms with Gasteiger partial charge in [-0.1, -0.05) is 12.1 Å². The van der Waals surface area contributed by atoms with Crippen molar-refractivity contribution in [3.8, 4) is 0 Å². The molecule has 1 aliphatic heterocycles. The standard InChI is InChI=1S/C12H10F3NO2/c1-16-10(17)6-9(11(16)18)7-2-4-8(5-3-7)12(13,14)15/h2-5,9H,6H2,1H3. The molecule has 1 aromatic carbocycles. The summed E-state index contributed by atoms with van der Waals surface area (Å²) >= 11 is 0. The highest BCUT2D eigenvalue weighted by molar-refractivity contribution is 6.05. The van der Waals surface area contributed by atoms with E-state index in [1.807, 2.05) is 0 Å². The summed E-state index contributed by atoms with van der Waals surface area (Å²) in [6, 6.07) is 4.34. The van der Waals surface area contributed by atoms with E-state index in [-0.39, 0.29) is 18.2 Å². The zero-order valence-electron chi connectivity index (χ0n) is 9.49. The average molecular weight is 257 g/mol. The Kier molecular flexibility index (Phi) is 2.88. The van der Waals surface area contributed by atoms with Gasteiger partial charge in [0.15, 0.2) is 0 Å². The molecular formula is C12H10F3NO2. The smallest absolute Gasteiger partial charge is 0.285 e. The number of halogens is 3. The highest BCUT2D eigenvalue weighted by atomic mass is 19.4. The Labute approximate surface area is 101 Å². The number of carbonyl (C=O) groups excluding carboxylic acids is 2. The van der Waals surface area contributed by atoms with Gasteiger partial charge in [-0.3, -0.25) is 14.5 Å². The second kappa shape index (κ2) is 4.12. The third-order valence-electron chi connectivity index (χ3n) is 3.02. The molecule has 1 fully saturated rings. The van der Waals surface area contributed by atoms with E-state index in [9.17, 15) is 22.8 Å². The van der Waals surface area contributed by atoms with Gasteiger partial charge in [0.2, 0.25) is 11.8 Å². The number of hydrogen-bond acceptors (Lipinski definition) is 2. The highest BCUT2D eigenvalue weighted by Gasteiger charge is 2.37. The van der Waals surface area contributed by atoms with Crippen LogP contribution in [0, 0.1) is 0 Å². The zero-order chi connectivity index (χ0) is 13.5. The number of likely N-dealkylation sites (N-methyl/N-ethyl adjacent to an activating group) is 1. The van der Waals surface area contributed by atoms with Gasteiger partial charge < -0.3 is 0 Å². The number of nitrogens with zero attached hydrogens (tertiary/aromatic N) is 1. The first-order valence-corrected chi connectivity index (χ1v) is 5.28. The Morgan fingerprint density at radius 3 is 2.11 bits per heavy atom. The topological polar surface area (TPSA) is 37.4 Å². The Morgan fingerprint density at radius 1 is 1.17 bits per heavy atom. The summed E-state index contributed by atoms with van der Waals surface area (Å²) in [6.07, 6.45) is -4.38. The Morgan fingerprint density at radius 2 is 1.72 bits per heavy atom. The van der Waals surface area contributed by atoms with Crippen LogP contribution in [0.4, 0.5) is 13.2 Å². The molecule has 1 aromatic rings. The van der Waals surface area contributed by atoms with Gasteiger partial charge in [0.05, 0.1) is 11.5 Å². The minimum atomic E-state index is -4.40. The molecule has 0 N–H and O–H groups in total. The number of hydrogen-bond donors (Lipinski definition) is 0. The Bertz CT molecular complexity index is 493. The molecule has 1 aliphatic rings. The van der Waals surface area contributed by atoms with Crippen molar-refractivity contribution in [1.29, 1.82) is 0 Å². The second-order valence-electron chi connectivity index (χ2n) is 4.17. The monoisotopic (exact) mass is 257 g/mol. The van der Waals surface area contributed by atoms with E-state index >= 15 is 0 Å². The fraction of sp³-hybridized carbons (Fsp3) is 0.333. The number of rotatable bonds is 1. The van der Waals surface area contributed by atoms with Gasteiger partial charge in [0.25, 0.3) is 0 Å². The van der Waals surface area contributed by atoms with Gasteiger partial charge >= 0.3 is 6.18 Å². The minimum Gasteiger partial charge on any atom is -0.285 e. The van der Waals surface area contributed by atoms with Crippen LogP contribution < -0.4 is 0 Å². The summed E-state index contributed by atoms with van der Waals surface area (Å²) < 4.78 is 37.1. The molecule has 1 heterocycles. The largest absolute Gasteiger partial charge is 0.416 e. The fourth-order valence-electron chi connectivity index (χ4n) is 1.92. The molecule has 0 aromatic heterocycles. The molecule has 1 unspecified atom stereocenters. The first-order chi connectivity index (χ1) is 8.30. The minimum absolute atomic E-state index is 0.0146. The maximum absolute atomic E-state index is 12.4. The van der Waals surface area contributed by atoms with Gasteiger partial charge in [-0.2, -0.15) is 13.2 Å². The van der Waals surface area contributed by atoms with Crippen molar-refractivity contribution in [2.45, 2.75) is 18.5 Å². The molecule has 3 nitrogen and oxygen atoms in total. The number of amides is 2. The van der Waals surface area contributed by atoms with Crippen LogP contribution in [0.5, 0.6) is 0 Å². The fourth-order valence-corrected chi connectivity index (χ4v) is 1.92. The van der Waals surface area contributed by atoms with Gasteiger partial charge in [0, 0.05) is 13.5 Å². The summed E-state index contributed by atoms with van der Waals surface area (Å²) in [5.74, 6) is -1.35. The van der Waals surface area contributed by atoms with Crippen LogP contribution >= 0.6 is 0 Å². The molecule has 1 atom stereocenters. The number of benzene rings is 1. The number of likely N-dealkylation sites (tertiary alicyclic amines) is 1. The average Bonchev–Trinajstić information content (AvgIpc) is 2.56. The maximum Gasteiger partial charge on any atom is 0.416 e. The molecule has 0 aliphatic carbocycles. The van der Waals surface area contributed by atoms with E-state index in [2.05, 4.69) is 0 Å². The lowest BCUT2D eigenvalue weighted by molar-refractivity contribution is -0.138. The van der Waals surface area contributed by atoms with E-state index in [0.29, 0.717) is 5.56 Å². The lowest BCUT2D eigenvalue weighted by Gasteiger charge is -2.11. The molecule has 0 saturated carbocycles. The number of carbonyl (C=O) groups is 2. The summed E-state index contributed by atoms with van der Waals surface area (Å²) in [5, 5.41) is 0. The van der Waals surface area contributed by atoms with Gasteiger partial charge in [-0.05, 0) is 17.7 Å². The van der Waals surface area contributed by atoms with E-state index in [1.54, 1.807) is 0 Å². The molecule has 96 valence electrons. The van der Waals surface area contributed by atoms with Crippen LogP contribution in [-0.2, 0) is 15.8 Å². The van der Waals surface area contributed by atoms with Crippen molar-refractivity contribution in [3.05, 3.63) is 35.4 Å². The van der Waals surface area contributed by atoms with E-state index in [1.165, 1.54) is 19.2 Å². The summed E-state index contributed by atoms with van der Waals surface area (Å²) in [6.45, 7) is 0. The highest BCUT2D eigenvalue weighted by Crippen LogP contribution is 2.33. The molecule has 2 rings (SSSR count). The van der Waals surface area contributed by atoms with Gasteiger partial charge in [-0.25, -0.2) is 0 Å². The molecule has 18 heavy (non-hydrogen) atoms. The first kappa shape index (κ1) is 12.6. The van der Waals surface area contributed by atoms with Crippen LogP contribution in [-0.4, -0.2) is 23.8 Å². The second-order valence-corrected chi connectivity index (χ2v) is 4.17. The molecule has 0 bridgehead atoms. The first-order valence-electron chi connectivity index (χ1n) is 5.28. The third kappa shape index (κ3) is 2.10. The molecule has 0 radical (unpaired) electrons. The zero-order valence-corrected chi connectivity index (χ0v) is 9.49. The number of imide groups is 1. The van der Waals surface area contributed by atoms with Crippen molar-refractivity contribution in [2.75, 3.05) is 7.05 Å². The van der Waals surface area contributed by atoms with Crippen molar-refractivity contribution >= 4 is 11.8 Å². The van der Waals surface area contributed by atoms with E-state index in [4.69, 9.17) is 0 Å². The van der Waals surface area contributed by atoms with Crippen molar-refractivity contribution in [2.24, 2.45) is 0 Å². The summed E-state index contributed by atoms with van der Waals surface area (Å²) in [4.78, 5) is 24.0. The van der Waals surface area contributed by atoms with Crippen LogP contribution in [0.25, 0.3) is 0 Å². The SMILES string of the molecule is CN1C(=O)CC(c2ccc(C(F)(F)F)cc2)C1=O. The van der Waals surface area contributed by atoms with Crippen LogP contribution in [0.3, 0.4) is 0 Å². The maximum atomic E-state index is 12.4. The molecule has 6 heteroatoms. The van der Waals surface area contributed by atoms with Crippen LogP contribution in [0.2, 0.25) is 0 Å². The third-order valence-corrected chi connectivity index (χ3v) is 3.02. The lowest BCUT2D eigenvalue weighted by atomic mass is 9.96. The lowest BCUT2D eigenvalue weighted by Crippen LogP contribution is -2.25. The molecular weight excluding hydrogens is 247 g/mol. The summed E-state index contributed by atoms with van der Waals surface area (Å²) in [5.41, 5.74) is -0.331. The van der Waals surface area contributed by atoms with Crippen molar-refractivity contribution < 1.29 is 22.8 Å². The molecule has 2 amide bonds. The predicted octanol–water partition coefficient (Wildman–Crippen LogP) is 2.18. The number of alkyl halides is 3. The van der Waals surface area contributed by atoms with Crippen molar-refractivity contribution in [1.82, 2.24) is 4.90 Å². The van der Waals surface area contributed by atoms with Crippen LogP contribution in [0.1, 0.15) is 23.5 Å². The Balaban J connectivity index is 2.26. The molecule has 1 saturated heterocycles. The normalized spacial score (nSPS) is 20.7. The quantitative estimate of drug-likeness (QED) is 0.723.